The average Bonchev–Trinajstić information content (AvgIpc) is 3.01. The molecule has 1 aliphatic rings. The highest BCUT2D eigenvalue weighted by molar-refractivity contribution is 7.89. The summed E-state index contributed by atoms with van der Waals surface area (Å²) < 4.78 is 27.2. The zero-order chi connectivity index (χ0) is 19.8. The van der Waals surface area contributed by atoms with Gasteiger partial charge in [0.2, 0.25) is 10.0 Å². The van der Waals surface area contributed by atoms with Crippen LogP contribution < -0.4 is 0 Å². The van der Waals surface area contributed by atoms with Crippen LogP contribution in [0.1, 0.15) is 27.0 Å². The smallest absolute Gasteiger partial charge is 0.264 e. The minimum Gasteiger partial charge on any atom is -0.335 e. The highest BCUT2D eigenvalue weighted by Gasteiger charge is 2.33. The maximum absolute atomic E-state index is 12.9. The van der Waals surface area contributed by atoms with Crippen LogP contribution in [0, 0.1) is 6.92 Å². The number of rotatable bonds is 4. The molecule has 3 rings (SSSR count). The molecule has 1 aliphatic heterocycles. The third-order valence-corrected chi connectivity index (χ3v) is 8.82. The maximum Gasteiger partial charge on any atom is 0.264 e. The van der Waals surface area contributed by atoms with Crippen LogP contribution in [0.3, 0.4) is 0 Å². The molecule has 2 heterocycles. The number of sulfonamides is 1. The van der Waals surface area contributed by atoms with Gasteiger partial charge in [-0.3, -0.25) is 4.79 Å². The maximum atomic E-state index is 12.9. The van der Waals surface area contributed by atoms with Gasteiger partial charge < -0.3 is 4.90 Å². The topological polar surface area (TPSA) is 57.7 Å². The SMILES string of the molecule is CCc1sc(C(=O)N2CCN(S(=O)(=O)c3c(Cl)cccc3Cl)CC2)cc1C. The van der Waals surface area contributed by atoms with Gasteiger partial charge in [0, 0.05) is 31.1 Å². The second-order valence-corrected chi connectivity index (χ2v) is 10.1. The number of carbonyl (C=O) groups is 1. The second-order valence-electron chi connectivity index (χ2n) is 6.32. The molecule has 0 atom stereocenters. The van der Waals surface area contributed by atoms with E-state index >= 15 is 0 Å². The van der Waals surface area contributed by atoms with Gasteiger partial charge in [-0.1, -0.05) is 36.2 Å². The van der Waals surface area contributed by atoms with Crippen LogP contribution in [0.4, 0.5) is 0 Å². The number of halogens is 2. The summed E-state index contributed by atoms with van der Waals surface area (Å²) in [7, 11) is -3.81. The fourth-order valence-corrected chi connectivity index (χ4v) is 6.72. The molecule has 1 aromatic heterocycles. The highest BCUT2D eigenvalue weighted by atomic mass is 35.5. The summed E-state index contributed by atoms with van der Waals surface area (Å²) in [6.45, 7) is 5.15. The van der Waals surface area contributed by atoms with Crippen molar-refractivity contribution in [2.45, 2.75) is 25.2 Å². The van der Waals surface area contributed by atoms with Crippen molar-refractivity contribution in [3.05, 3.63) is 49.6 Å². The van der Waals surface area contributed by atoms with Crippen molar-refractivity contribution in [1.82, 2.24) is 9.21 Å². The quantitative estimate of drug-likeness (QED) is 0.710. The Morgan fingerprint density at radius 1 is 1.15 bits per heavy atom. The van der Waals surface area contributed by atoms with Crippen LogP contribution in [-0.2, 0) is 16.4 Å². The van der Waals surface area contributed by atoms with Gasteiger partial charge in [-0.05, 0) is 37.1 Å². The number of hydrogen-bond acceptors (Lipinski definition) is 4. The van der Waals surface area contributed by atoms with E-state index in [1.165, 1.54) is 32.7 Å². The van der Waals surface area contributed by atoms with E-state index in [-0.39, 0.29) is 33.9 Å². The van der Waals surface area contributed by atoms with Gasteiger partial charge in [-0.2, -0.15) is 4.31 Å². The molecule has 2 aromatic rings. The number of benzene rings is 1. The zero-order valence-corrected chi connectivity index (χ0v) is 18.2. The van der Waals surface area contributed by atoms with Gasteiger partial charge >= 0.3 is 0 Å². The van der Waals surface area contributed by atoms with E-state index in [1.54, 1.807) is 11.0 Å². The Bertz CT molecular complexity index is 945. The Kier molecular flexibility index (Phi) is 6.17. The van der Waals surface area contributed by atoms with Gasteiger partial charge in [0.15, 0.2) is 0 Å². The lowest BCUT2D eigenvalue weighted by Gasteiger charge is -2.34. The number of thiophene rings is 1. The Morgan fingerprint density at radius 2 is 1.74 bits per heavy atom. The largest absolute Gasteiger partial charge is 0.335 e. The zero-order valence-electron chi connectivity index (χ0n) is 15.0. The first-order valence-electron chi connectivity index (χ1n) is 8.58. The van der Waals surface area contributed by atoms with E-state index in [0.717, 1.165) is 12.0 Å². The lowest BCUT2D eigenvalue weighted by molar-refractivity contribution is 0.0702. The Morgan fingerprint density at radius 3 is 2.26 bits per heavy atom. The molecule has 1 saturated heterocycles. The van der Waals surface area contributed by atoms with E-state index in [1.807, 2.05) is 13.0 Å². The van der Waals surface area contributed by atoms with Crippen molar-refractivity contribution in [3.8, 4) is 0 Å². The summed E-state index contributed by atoms with van der Waals surface area (Å²) in [4.78, 5) is 16.3. The molecule has 1 fully saturated rings. The third kappa shape index (κ3) is 4.03. The molecule has 0 spiro atoms. The molecule has 0 bridgehead atoms. The van der Waals surface area contributed by atoms with E-state index in [2.05, 4.69) is 6.92 Å². The summed E-state index contributed by atoms with van der Waals surface area (Å²) >= 11 is 13.7. The molecule has 1 amide bonds. The molecule has 0 unspecified atom stereocenters. The number of amides is 1. The molecule has 0 aliphatic carbocycles. The van der Waals surface area contributed by atoms with Crippen molar-refractivity contribution >= 4 is 50.5 Å². The van der Waals surface area contributed by atoms with E-state index in [4.69, 9.17) is 23.2 Å². The van der Waals surface area contributed by atoms with Gasteiger partial charge in [-0.15, -0.1) is 11.3 Å². The van der Waals surface area contributed by atoms with Crippen molar-refractivity contribution in [2.75, 3.05) is 26.2 Å². The van der Waals surface area contributed by atoms with Gasteiger partial charge in [0.25, 0.3) is 5.91 Å². The second kappa shape index (κ2) is 8.09. The number of nitrogens with zero attached hydrogens (tertiary/aromatic N) is 2. The fourth-order valence-electron chi connectivity index (χ4n) is 3.12. The molecule has 27 heavy (non-hydrogen) atoms. The van der Waals surface area contributed by atoms with Crippen LogP contribution >= 0.6 is 34.5 Å². The third-order valence-electron chi connectivity index (χ3n) is 4.60. The summed E-state index contributed by atoms with van der Waals surface area (Å²) in [6.07, 6.45) is 0.897. The summed E-state index contributed by atoms with van der Waals surface area (Å²) in [5, 5.41) is 0.198. The number of carbonyl (C=O) groups excluding carboxylic acids is 1. The lowest BCUT2D eigenvalue weighted by Crippen LogP contribution is -2.50. The average molecular weight is 447 g/mol. The Hall–Kier alpha value is -1.12. The minimum absolute atomic E-state index is 0.0457. The molecular weight excluding hydrogens is 427 g/mol. The standard InChI is InChI=1S/C18H20Cl2N2O3S2/c1-3-15-12(2)11-16(26-15)18(23)21-7-9-22(10-8-21)27(24,25)17-13(19)5-4-6-14(17)20/h4-6,11H,3,7-10H2,1-2H3. The molecular formula is C18H20Cl2N2O3S2. The van der Waals surface area contributed by atoms with Gasteiger partial charge in [-0.25, -0.2) is 8.42 Å². The minimum atomic E-state index is -3.81. The first-order valence-corrected chi connectivity index (χ1v) is 11.6. The summed E-state index contributed by atoms with van der Waals surface area (Å²) in [6, 6.07) is 6.53. The summed E-state index contributed by atoms with van der Waals surface area (Å²) in [5.41, 5.74) is 1.13. The first-order chi connectivity index (χ1) is 12.8. The number of hydrogen-bond donors (Lipinski definition) is 0. The normalized spacial score (nSPS) is 15.9. The van der Waals surface area contributed by atoms with Crippen molar-refractivity contribution < 1.29 is 13.2 Å². The predicted molar refractivity (Wildman–Crippen MR) is 110 cm³/mol. The Balaban J connectivity index is 1.74. The van der Waals surface area contributed by atoms with Crippen LogP contribution in [0.5, 0.6) is 0 Å². The summed E-state index contributed by atoms with van der Waals surface area (Å²) in [5.74, 6) is -0.0457. The monoisotopic (exact) mass is 446 g/mol. The molecule has 146 valence electrons. The molecule has 0 radical (unpaired) electrons. The van der Waals surface area contributed by atoms with Gasteiger partial charge in [0.1, 0.15) is 4.90 Å². The van der Waals surface area contributed by atoms with E-state index < -0.39 is 10.0 Å². The highest BCUT2D eigenvalue weighted by Crippen LogP contribution is 2.32. The van der Waals surface area contributed by atoms with E-state index in [9.17, 15) is 13.2 Å². The van der Waals surface area contributed by atoms with Gasteiger partial charge in [0.05, 0.1) is 14.9 Å². The van der Waals surface area contributed by atoms with Crippen LogP contribution in [0.2, 0.25) is 10.0 Å². The van der Waals surface area contributed by atoms with Crippen LogP contribution in [0.15, 0.2) is 29.2 Å². The fraction of sp³-hybridized carbons (Fsp3) is 0.389. The van der Waals surface area contributed by atoms with E-state index in [0.29, 0.717) is 18.0 Å². The Labute approximate surface area is 173 Å². The number of aryl methyl sites for hydroxylation is 2. The first kappa shape index (κ1) is 20.6. The van der Waals surface area contributed by atoms with Crippen molar-refractivity contribution in [3.63, 3.8) is 0 Å². The number of piperazine rings is 1. The molecule has 9 heteroatoms. The van der Waals surface area contributed by atoms with Crippen molar-refractivity contribution in [1.29, 1.82) is 0 Å². The van der Waals surface area contributed by atoms with Crippen molar-refractivity contribution in [2.24, 2.45) is 0 Å². The molecule has 1 aromatic carbocycles. The van der Waals surface area contributed by atoms with Crippen LogP contribution in [-0.4, -0.2) is 49.7 Å². The lowest BCUT2D eigenvalue weighted by atomic mass is 10.2. The van der Waals surface area contributed by atoms with Crippen LogP contribution in [0.25, 0.3) is 0 Å². The predicted octanol–water partition coefficient (Wildman–Crippen LogP) is 4.07. The molecule has 5 nitrogen and oxygen atoms in total. The molecule has 0 saturated carbocycles. The molecule has 0 N–H and O–H groups in total.